The van der Waals surface area contributed by atoms with Crippen LogP contribution >= 0.6 is 0 Å². The number of aromatic hydroxyl groups is 1. The van der Waals surface area contributed by atoms with Crippen LogP contribution in [-0.2, 0) is 7.05 Å². The summed E-state index contributed by atoms with van der Waals surface area (Å²) in [5.41, 5.74) is 4.36. The Morgan fingerprint density at radius 2 is 1.93 bits per heavy atom. The van der Waals surface area contributed by atoms with Crippen molar-refractivity contribution in [2.45, 2.75) is 19.5 Å². The number of phenols is 1. The molecular weight excluding hydrogens is 357 g/mol. The van der Waals surface area contributed by atoms with Gasteiger partial charge in [0.1, 0.15) is 17.7 Å². The summed E-state index contributed by atoms with van der Waals surface area (Å²) in [6.07, 6.45) is 1.69. The second kappa shape index (κ2) is 6.15. The number of alkyl halides is 1. The van der Waals surface area contributed by atoms with E-state index in [9.17, 15) is 9.50 Å². The van der Waals surface area contributed by atoms with Gasteiger partial charge in [0.05, 0.1) is 28.8 Å². The van der Waals surface area contributed by atoms with Gasteiger partial charge in [0.2, 0.25) is 0 Å². The van der Waals surface area contributed by atoms with Crippen molar-refractivity contribution >= 4 is 27.8 Å². The van der Waals surface area contributed by atoms with Crippen molar-refractivity contribution in [1.82, 2.24) is 19.7 Å². The summed E-state index contributed by atoms with van der Waals surface area (Å²) in [7, 11) is 1.86. The number of rotatable bonds is 2. The molecule has 0 unspecified atom stereocenters. The van der Waals surface area contributed by atoms with Gasteiger partial charge in [0.15, 0.2) is 0 Å². The minimum atomic E-state index is -0.786. The van der Waals surface area contributed by atoms with Crippen LogP contribution in [0.2, 0.25) is 0 Å². The van der Waals surface area contributed by atoms with E-state index < -0.39 is 6.17 Å². The molecule has 4 aromatic rings. The van der Waals surface area contributed by atoms with E-state index in [1.165, 1.54) is 0 Å². The molecule has 0 radical (unpaired) electrons. The van der Waals surface area contributed by atoms with Gasteiger partial charge in [0, 0.05) is 36.3 Å². The molecule has 142 valence electrons. The smallest absolute Gasteiger partial charge is 0.130 e. The van der Waals surface area contributed by atoms with Crippen LogP contribution in [0.15, 0.2) is 36.5 Å². The van der Waals surface area contributed by atoms with Gasteiger partial charge in [0.25, 0.3) is 0 Å². The number of pyridine rings is 2. The van der Waals surface area contributed by atoms with Gasteiger partial charge >= 0.3 is 0 Å². The maximum absolute atomic E-state index is 13.5. The Balaban J connectivity index is 1.58. The number of aromatic nitrogens is 4. The first-order chi connectivity index (χ1) is 13.5. The molecule has 1 saturated heterocycles. The standard InChI is InChI=1S/C21H20FN5O/c1-12-20-13(10-26(2)25-20)9-15(21(12)28)16-3-4-18-17(23-16)5-6-19(24-18)27-8-7-14(22)11-27/h3-6,9-10,14,28H,7-8,11H2,1-2H3/t14-/m1/s1. The summed E-state index contributed by atoms with van der Waals surface area (Å²) >= 11 is 0. The number of benzene rings is 1. The molecular formula is C21H20FN5O. The Bertz CT molecular complexity index is 1220. The molecule has 1 aliphatic heterocycles. The van der Waals surface area contributed by atoms with E-state index in [-0.39, 0.29) is 5.75 Å². The number of anilines is 1. The Morgan fingerprint density at radius 1 is 1.14 bits per heavy atom. The molecule has 0 saturated carbocycles. The van der Waals surface area contributed by atoms with Crippen LogP contribution in [0.5, 0.6) is 5.75 Å². The number of aryl methyl sites for hydroxylation is 2. The zero-order chi connectivity index (χ0) is 19.4. The van der Waals surface area contributed by atoms with E-state index in [0.29, 0.717) is 30.8 Å². The largest absolute Gasteiger partial charge is 0.507 e. The Hall–Kier alpha value is -3.22. The quantitative estimate of drug-likeness (QED) is 0.576. The molecule has 0 spiro atoms. The van der Waals surface area contributed by atoms with Crippen LogP contribution < -0.4 is 4.90 Å². The average molecular weight is 377 g/mol. The molecule has 7 heteroatoms. The van der Waals surface area contributed by atoms with E-state index in [1.807, 2.05) is 55.4 Å². The topological polar surface area (TPSA) is 67.1 Å². The minimum Gasteiger partial charge on any atom is -0.507 e. The first-order valence-electron chi connectivity index (χ1n) is 9.33. The summed E-state index contributed by atoms with van der Waals surface area (Å²) in [5.74, 6) is 0.964. The third-order valence-corrected chi connectivity index (χ3v) is 5.38. The van der Waals surface area contributed by atoms with Crippen molar-refractivity contribution in [3.8, 4) is 17.0 Å². The summed E-state index contributed by atoms with van der Waals surface area (Å²) in [6.45, 7) is 2.93. The number of halogens is 1. The lowest BCUT2D eigenvalue weighted by Crippen LogP contribution is -2.20. The number of hydrogen-bond donors (Lipinski definition) is 1. The number of nitrogens with zero attached hydrogens (tertiary/aromatic N) is 5. The maximum Gasteiger partial charge on any atom is 0.130 e. The number of hydrogen-bond acceptors (Lipinski definition) is 5. The Kier molecular flexibility index (Phi) is 3.72. The Morgan fingerprint density at radius 3 is 2.71 bits per heavy atom. The lowest BCUT2D eigenvalue weighted by atomic mass is 10.0. The SMILES string of the molecule is Cc1c(O)c(-c2ccc3nc(N4CC[C@@H](F)C4)ccc3n2)cc2cn(C)nc12. The second-order valence-corrected chi connectivity index (χ2v) is 7.37. The van der Waals surface area contributed by atoms with E-state index in [1.54, 1.807) is 4.68 Å². The molecule has 1 atom stereocenters. The number of fused-ring (bicyclic) bond motifs is 2. The van der Waals surface area contributed by atoms with E-state index in [2.05, 4.69) is 10.1 Å². The molecule has 1 N–H and O–H groups in total. The molecule has 5 rings (SSSR count). The first kappa shape index (κ1) is 16.9. The highest BCUT2D eigenvalue weighted by atomic mass is 19.1. The first-order valence-corrected chi connectivity index (χ1v) is 9.33. The van der Waals surface area contributed by atoms with Gasteiger partial charge < -0.3 is 10.0 Å². The molecule has 1 aromatic carbocycles. The normalized spacial score (nSPS) is 17.1. The van der Waals surface area contributed by atoms with E-state index in [4.69, 9.17) is 4.98 Å². The van der Waals surface area contributed by atoms with Gasteiger partial charge in [-0.3, -0.25) is 4.68 Å². The van der Waals surface area contributed by atoms with Crippen LogP contribution in [0.25, 0.3) is 33.2 Å². The van der Waals surface area contributed by atoms with Crippen LogP contribution in [0.4, 0.5) is 10.2 Å². The fourth-order valence-corrected chi connectivity index (χ4v) is 3.89. The minimum absolute atomic E-state index is 0.189. The highest BCUT2D eigenvalue weighted by molar-refractivity contribution is 5.91. The van der Waals surface area contributed by atoms with Crippen molar-refractivity contribution in [3.63, 3.8) is 0 Å². The Labute approximate surface area is 161 Å². The van der Waals surface area contributed by atoms with Gasteiger partial charge in [-0.15, -0.1) is 0 Å². The van der Waals surface area contributed by atoms with Crippen molar-refractivity contribution in [3.05, 3.63) is 42.1 Å². The van der Waals surface area contributed by atoms with Crippen molar-refractivity contribution in [2.75, 3.05) is 18.0 Å². The fraction of sp³-hybridized carbons (Fsp3) is 0.286. The predicted octanol–water partition coefficient (Wildman–Crippen LogP) is 3.75. The lowest BCUT2D eigenvalue weighted by molar-refractivity contribution is 0.364. The third kappa shape index (κ3) is 2.66. The van der Waals surface area contributed by atoms with Crippen LogP contribution in [0.1, 0.15) is 12.0 Å². The van der Waals surface area contributed by atoms with Gasteiger partial charge in [-0.05, 0) is 43.7 Å². The molecule has 4 heterocycles. The molecule has 6 nitrogen and oxygen atoms in total. The summed E-state index contributed by atoms with van der Waals surface area (Å²) < 4.78 is 15.2. The molecule has 3 aromatic heterocycles. The molecule has 28 heavy (non-hydrogen) atoms. The molecule has 0 bridgehead atoms. The van der Waals surface area contributed by atoms with Gasteiger partial charge in [-0.1, -0.05) is 0 Å². The predicted molar refractivity (Wildman–Crippen MR) is 107 cm³/mol. The van der Waals surface area contributed by atoms with Crippen LogP contribution in [-0.4, -0.2) is 44.1 Å². The van der Waals surface area contributed by atoms with Crippen molar-refractivity contribution in [1.29, 1.82) is 0 Å². The lowest BCUT2D eigenvalue weighted by Gasteiger charge is -2.16. The summed E-state index contributed by atoms with van der Waals surface area (Å²) in [5, 5.41) is 16.1. The highest BCUT2D eigenvalue weighted by Gasteiger charge is 2.23. The van der Waals surface area contributed by atoms with Crippen LogP contribution in [0.3, 0.4) is 0 Å². The summed E-state index contributed by atoms with van der Waals surface area (Å²) in [6, 6.07) is 9.45. The maximum atomic E-state index is 13.5. The molecule has 1 fully saturated rings. The van der Waals surface area contributed by atoms with Crippen LogP contribution in [0, 0.1) is 6.92 Å². The van der Waals surface area contributed by atoms with Crippen molar-refractivity contribution < 1.29 is 9.50 Å². The van der Waals surface area contributed by atoms with Gasteiger partial charge in [-0.25, -0.2) is 14.4 Å². The summed E-state index contributed by atoms with van der Waals surface area (Å²) in [4.78, 5) is 11.3. The second-order valence-electron chi connectivity index (χ2n) is 7.37. The zero-order valence-electron chi connectivity index (χ0n) is 15.7. The molecule has 1 aliphatic rings. The molecule has 0 amide bonds. The van der Waals surface area contributed by atoms with Crippen molar-refractivity contribution in [2.24, 2.45) is 7.05 Å². The molecule has 0 aliphatic carbocycles. The zero-order valence-corrected chi connectivity index (χ0v) is 15.7. The van der Waals surface area contributed by atoms with Gasteiger partial charge in [-0.2, -0.15) is 5.10 Å². The fourth-order valence-electron chi connectivity index (χ4n) is 3.89. The average Bonchev–Trinajstić information content (AvgIpc) is 3.29. The van der Waals surface area contributed by atoms with E-state index >= 15 is 0 Å². The van der Waals surface area contributed by atoms with E-state index in [0.717, 1.165) is 33.3 Å². The third-order valence-electron chi connectivity index (χ3n) is 5.38. The number of phenolic OH excluding ortho intramolecular Hbond substituents is 1. The monoisotopic (exact) mass is 377 g/mol. The highest BCUT2D eigenvalue weighted by Crippen LogP contribution is 2.36.